The van der Waals surface area contributed by atoms with Gasteiger partial charge in [-0.3, -0.25) is 0 Å². The lowest BCUT2D eigenvalue weighted by Gasteiger charge is -2.11. The number of aromatic nitrogens is 2. The van der Waals surface area contributed by atoms with E-state index in [0.717, 1.165) is 6.07 Å². The van der Waals surface area contributed by atoms with Crippen LogP contribution in [-0.2, 0) is 10.9 Å². The fourth-order valence-corrected chi connectivity index (χ4v) is 1.93. The van der Waals surface area contributed by atoms with Gasteiger partial charge in [0.25, 0.3) is 0 Å². The number of nitrogens with zero attached hydrogens (tertiary/aromatic N) is 2. The Morgan fingerprint density at radius 1 is 1.41 bits per heavy atom. The van der Waals surface area contributed by atoms with Crippen LogP contribution in [0.3, 0.4) is 0 Å². The second kappa shape index (κ2) is 6.93. The van der Waals surface area contributed by atoms with Crippen molar-refractivity contribution in [1.29, 1.82) is 0 Å². The Morgan fingerprint density at radius 2 is 2.18 bits per heavy atom. The number of nitrogens with one attached hydrogen (secondary N) is 1. The van der Waals surface area contributed by atoms with Gasteiger partial charge in [0.05, 0.1) is 17.9 Å². The molecule has 4 nitrogen and oxygen atoms in total. The van der Waals surface area contributed by atoms with E-state index in [1.807, 2.05) is 0 Å². The van der Waals surface area contributed by atoms with Crippen LogP contribution < -0.4 is 0 Å². The van der Waals surface area contributed by atoms with Gasteiger partial charge in [-0.1, -0.05) is 11.6 Å². The topological polar surface area (TPSA) is 50.3 Å². The van der Waals surface area contributed by atoms with Crippen LogP contribution in [0, 0.1) is 0 Å². The molecule has 0 aliphatic rings. The van der Waals surface area contributed by atoms with Crippen LogP contribution in [0.15, 0.2) is 35.6 Å². The summed E-state index contributed by atoms with van der Waals surface area (Å²) in [5.41, 5.74) is -0.858. The lowest BCUT2D eigenvalue weighted by molar-refractivity contribution is -0.137. The van der Waals surface area contributed by atoms with Gasteiger partial charge in [-0.05, 0) is 25.1 Å². The first-order valence-corrected chi connectivity index (χ1v) is 6.81. The van der Waals surface area contributed by atoms with Crippen LogP contribution in [0.2, 0.25) is 5.02 Å². The van der Waals surface area contributed by atoms with Gasteiger partial charge < -0.3 is 9.72 Å². The lowest BCUT2D eigenvalue weighted by Crippen LogP contribution is -2.13. The van der Waals surface area contributed by atoms with Crippen LogP contribution >= 0.6 is 11.6 Å². The van der Waals surface area contributed by atoms with Crippen LogP contribution in [0.5, 0.6) is 0 Å². The van der Waals surface area contributed by atoms with Gasteiger partial charge >= 0.3 is 6.18 Å². The van der Waals surface area contributed by atoms with Crippen molar-refractivity contribution in [3.05, 3.63) is 47.0 Å². The minimum Gasteiger partial charge on any atom is -0.375 e. The Balaban J connectivity index is 2.48. The zero-order valence-electron chi connectivity index (χ0n) is 11.6. The molecule has 0 fully saturated rings. The molecule has 0 aliphatic carbocycles. The molecule has 8 heteroatoms. The number of ether oxygens (including phenoxy) is 1. The third-order valence-electron chi connectivity index (χ3n) is 2.73. The molecule has 1 N–H and O–H groups in total. The van der Waals surface area contributed by atoms with E-state index in [9.17, 15) is 13.2 Å². The van der Waals surface area contributed by atoms with Gasteiger partial charge in [0.2, 0.25) is 0 Å². The molecular weight excluding hydrogens is 319 g/mol. The van der Waals surface area contributed by atoms with Gasteiger partial charge in [0, 0.05) is 24.0 Å². The number of halogens is 4. The quantitative estimate of drug-likeness (QED) is 0.833. The predicted octanol–water partition coefficient (Wildman–Crippen LogP) is 4.24. The summed E-state index contributed by atoms with van der Waals surface area (Å²) in [6.07, 6.45) is -1.50. The molecule has 0 unspecified atom stereocenters. The van der Waals surface area contributed by atoms with Crippen molar-refractivity contribution in [1.82, 2.24) is 9.97 Å². The molecule has 0 bridgehead atoms. The highest BCUT2D eigenvalue weighted by molar-refractivity contribution is 6.30. The summed E-state index contributed by atoms with van der Waals surface area (Å²) in [4.78, 5) is 10.9. The molecule has 1 heterocycles. The molecule has 0 saturated heterocycles. The second-order valence-corrected chi connectivity index (χ2v) is 4.73. The molecule has 22 heavy (non-hydrogen) atoms. The van der Waals surface area contributed by atoms with Crippen molar-refractivity contribution in [3.63, 3.8) is 0 Å². The summed E-state index contributed by atoms with van der Waals surface area (Å²) in [7, 11) is 0. The van der Waals surface area contributed by atoms with Gasteiger partial charge in [-0.2, -0.15) is 13.2 Å². The average Bonchev–Trinajstić information content (AvgIpc) is 2.98. The molecule has 2 aromatic rings. The molecule has 0 spiro atoms. The third-order valence-corrected chi connectivity index (χ3v) is 2.97. The maximum Gasteiger partial charge on any atom is 0.418 e. The van der Waals surface area contributed by atoms with Gasteiger partial charge in [-0.15, -0.1) is 0 Å². The highest BCUT2D eigenvalue weighted by Crippen LogP contribution is 2.38. The monoisotopic (exact) mass is 331 g/mol. The fraction of sp³-hybridized carbons (Fsp3) is 0.286. The average molecular weight is 332 g/mol. The van der Waals surface area contributed by atoms with Gasteiger partial charge in [0.1, 0.15) is 5.71 Å². The number of aliphatic imine (C=N–C) groups is 1. The Labute approximate surface area is 130 Å². The molecule has 0 aliphatic heterocycles. The van der Waals surface area contributed by atoms with Gasteiger partial charge in [0.15, 0.2) is 5.82 Å². The van der Waals surface area contributed by atoms with Crippen LogP contribution in [0.25, 0.3) is 0 Å². The molecule has 1 aromatic carbocycles. The van der Waals surface area contributed by atoms with E-state index in [2.05, 4.69) is 15.0 Å². The molecular formula is C14H13ClF3N3O. The van der Waals surface area contributed by atoms with Crippen molar-refractivity contribution >= 4 is 23.0 Å². The van der Waals surface area contributed by atoms with Crippen LogP contribution in [0.1, 0.15) is 18.3 Å². The first-order valence-electron chi connectivity index (χ1n) is 6.43. The van der Waals surface area contributed by atoms with Crippen molar-refractivity contribution in [2.45, 2.75) is 13.1 Å². The first-order chi connectivity index (χ1) is 10.4. The molecule has 0 amide bonds. The zero-order chi connectivity index (χ0) is 16.2. The van der Waals surface area contributed by atoms with E-state index in [1.54, 1.807) is 13.1 Å². The van der Waals surface area contributed by atoms with Crippen molar-refractivity contribution in [3.8, 4) is 0 Å². The number of hydrogen-bond donors (Lipinski definition) is 1. The fourth-order valence-electron chi connectivity index (χ4n) is 1.75. The standard InChI is InChI=1S/C14H13ClF3N3O/c1-2-22-8-12(13-19-5-6-20-13)21-11-4-3-9(15)7-10(11)14(16,17)18/h3-7H,2,8H2,1H3,(H,19,20). The predicted molar refractivity (Wildman–Crippen MR) is 77.7 cm³/mol. The van der Waals surface area contributed by atoms with E-state index in [-0.39, 0.29) is 23.0 Å². The third kappa shape index (κ3) is 4.08. The minimum atomic E-state index is -4.55. The zero-order valence-corrected chi connectivity index (χ0v) is 12.4. The maximum atomic E-state index is 13.1. The summed E-state index contributed by atoms with van der Waals surface area (Å²) in [6.45, 7) is 2.24. The van der Waals surface area contributed by atoms with E-state index in [1.165, 1.54) is 18.3 Å². The summed E-state index contributed by atoms with van der Waals surface area (Å²) >= 11 is 5.65. The first kappa shape index (κ1) is 16.5. The maximum absolute atomic E-state index is 13.1. The van der Waals surface area contributed by atoms with E-state index in [0.29, 0.717) is 12.4 Å². The summed E-state index contributed by atoms with van der Waals surface area (Å²) in [5, 5.41) is -0.00404. The second-order valence-electron chi connectivity index (χ2n) is 4.29. The number of imidazole rings is 1. The van der Waals surface area contributed by atoms with Crippen molar-refractivity contribution in [2.24, 2.45) is 4.99 Å². The Bertz CT molecular complexity index is 654. The molecule has 118 valence electrons. The Hall–Kier alpha value is -1.86. The highest BCUT2D eigenvalue weighted by Gasteiger charge is 2.34. The molecule has 0 saturated carbocycles. The SMILES string of the molecule is CCOCC(=Nc1ccc(Cl)cc1C(F)(F)F)c1ncc[nH]1. The smallest absolute Gasteiger partial charge is 0.375 e. The Morgan fingerprint density at radius 3 is 2.77 bits per heavy atom. The molecule has 2 rings (SSSR count). The van der Waals surface area contributed by atoms with E-state index < -0.39 is 11.7 Å². The van der Waals surface area contributed by atoms with Crippen LogP contribution in [-0.4, -0.2) is 28.9 Å². The van der Waals surface area contributed by atoms with E-state index in [4.69, 9.17) is 16.3 Å². The van der Waals surface area contributed by atoms with E-state index >= 15 is 0 Å². The summed E-state index contributed by atoms with van der Waals surface area (Å²) in [6, 6.07) is 3.43. The minimum absolute atomic E-state index is 0.00404. The molecule has 0 radical (unpaired) electrons. The number of aromatic amines is 1. The largest absolute Gasteiger partial charge is 0.418 e. The molecule has 0 atom stereocenters. The normalized spacial score (nSPS) is 12.7. The van der Waals surface area contributed by atoms with Crippen molar-refractivity contribution in [2.75, 3.05) is 13.2 Å². The summed E-state index contributed by atoms with van der Waals surface area (Å²) < 4.78 is 44.5. The van der Waals surface area contributed by atoms with Gasteiger partial charge in [-0.25, -0.2) is 9.98 Å². The number of rotatable bonds is 5. The number of alkyl halides is 3. The Kier molecular flexibility index (Phi) is 5.20. The number of H-pyrrole nitrogens is 1. The highest BCUT2D eigenvalue weighted by atomic mass is 35.5. The van der Waals surface area contributed by atoms with Crippen molar-refractivity contribution < 1.29 is 17.9 Å². The molecule has 1 aromatic heterocycles. The summed E-state index contributed by atoms with van der Waals surface area (Å²) in [5.74, 6) is 0.358. The van der Waals surface area contributed by atoms with Crippen LogP contribution in [0.4, 0.5) is 18.9 Å². The lowest BCUT2D eigenvalue weighted by atomic mass is 10.1. The number of benzene rings is 1. The number of hydrogen-bond acceptors (Lipinski definition) is 3.